The number of ether oxygens (including phenoxy) is 2. The molecule has 0 aromatic heterocycles. The molecular formula is C19H27N3O4. The maximum Gasteiger partial charge on any atom is 0.251 e. The summed E-state index contributed by atoms with van der Waals surface area (Å²) >= 11 is 0. The van der Waals surface area contributed by atoms with Crippen molar-refractivity contribution in [2.24, 2.45) is 5.73 Å². The summed E-state index contributed by atoms with van der Waals surface area (Å²) < 4.78 is 10.9. The van der Waals surface area contributed by atoms with Crippen molar-refractivity contribution in [3.63, 3.8) is 0 Å². The standard InChI is InChI=1S/C19H27N3O4/c1-25-15-8-4-13(5-9-15)17-18(19(24)21-11-3-2-10-20)26-12-16(23)22(17)14-6-7-14/h4-5,8-9,14,17-18H,2-3,6-7,10-12,20H2,1H3,(H,21,24). The van der Waals surface area contributed by atoms with Gasteiger partial charge in [0.15, 0.2) is 6.10 Å². The van der Waals surface area contributed by atoms with Crippen LogP contribution in [0.1, 0.15) is 37.3 Å². The van der Waals surface area contributed by atoms with E-state index in [1.54, 1.807) is 7.11 Å². The van der Waals surface area contributed by atoms with Crippen molar-refractivity contribution in [1.29, 1.82) is 0 Å². The summed E-state index contributed by atoms with van der Waals surface area (Å²) in [5.41, 5.74) is 6.37. The number of hydrogen-bond donors (Lipinski definition) is 2. The zero-order chi connectivity index (χ0) is 18.5. The number of benzene rings is 1. The number of rotatable bonds is 8. The van der Waals surface area contributed by atoms with Crippen molar-refractivity contribution in [3.05, 3.63) is 29.8 Å². The summed E-state index contributed by atoms with van der Waals surface area (Å²) in [5, 5.41) is 2.92. The van der Waals surface area contributed by atoms with Gasteiger partial charge in [0, 0.05) is 12.6 Å². The molecule has 7 heteroatoms. The fourth-order valence-corrected chi connectivity index (χ4v) is 3.35. The van der Waals surface area contributed by atoms with E-state index in [-0.39, 0.29) is 24.5 Å². The smallest absolute Gasteiger partial charge is 0.251 e. The third kappa shape index (κ3) is 4.16. The molecule has 1 heterocycles. The molecule has 1 saturated heterocycles. The molecule has 1 aliphatic heterocycles. The number of nitrogens with two attached hydrogens (primary N) is 1. The molecule has 2 atom stereocenters. The van der Waals surface area contributed by atoms with Gasteiger partial charge in [-0.05, 0) is 49.9 Å². The summed E-state index contributed by atoms with van der Waals surface area (Å²) in [6, 6.07) is 7.27. The Hall–Kier alpha value is -2.12. The number of unbranched alkanes of at least 4 members (excludes halogenated alkanes) is 1. The van der Waals surface area contributed by atoms with E-state index in [4.69, 9.17) is 15.2 Å². The van der Waals surface area contributed by atoms with Crippen LogP contribution < -0.4 is 15.8 Å². The van der Waals surface area contributed by atoms with Gasteiger partial charge in [-0.3, -0.25) is 9.59 Å². The van der Waals surface area contributed by atoms with Crippen molar-refractivity contribution in [2.75, 3.05) is 26.8 Å². The number of carbonyl (C=O) groups excluding carboxylic acids is 2. The molecule has 2 unspecified atom stereocenters. The van der Waals surface area contributed by atoms with Crippen LogP contribution in [0.4, 0.5) is 0 Å². The largest absolute Gasteiger partial charge is 0.497 e. The predicted molar refractivity (Wildman–Crippen MR) is 96.6 cm³/mol. The summed E-state index contributed by atoms with van der Waals surface area (Å²) in [6.07, 6.45) is 2.93. The van der Waals surface area contributed by atoms with Gasteiger partial charge in [-0.1, -0.05) is 12.1 Å². The number of hydrogen-bond acceptors (Lipinski definition) is 5. The van der Waals surface area contributed by atoms with Crippen LogP contribution in [0.25, 0.3) is 0 Å². The number of morpholine rings is 1. The van der Waals surface area contributed by atoms with Crippen LogP contribution >= 0.6 is 0 Å². The fourth-order valence-electron chi connectivity index (χ4n) is 3.35. The molecular weight excluding hydrogens is 334 g/mol. The Labute approximate surface area is 153 Å². The third-order valence-corrected chi connectivity index (χ3v) is 4.85. The molecule has 1 aromatic rings. The highest BCUT2D eigenvalue weighted by Gasteiger charge is 2.47. The van der Waals surface area contributed by atoms with Crippen LogP contribution in [-0.2, 0) is 14.3 Å². The second kappa shape index (κ2) is 8.51. The Kier molecular flexibility index (Phi) is 6.11. The number of carbonyl (C=O) groups is 2. The summed E-state index contributed by atoms with van der Waals surface area (Å²) in [4.78, 5) is 27.1. The van der Waals surface area contributed by atoms with Gasteiger partial charge in [0.05, 0.1) is 13.2 Å². The summed E-state index contributed by atoms with van der Waals surface area (Å²) in [6.45, 7) is 1.11. The maximum atomic E-state index is 12.7. The van der Waals surface area contributed by atoms with Gasteiger partial charge < -0.3 is 25.4 Å². The maximum absolute atomic E-state index is 12.7. The Morgan fingerprint density at radius 3 is 2.65 bits per heavy atom. The first-order valence-corrected chi connectivity index (χ1v) is 9.20. The zero-order valence-electron chi connectivity index (χ0n) is 15.1. The van der Waals surface area contributed by atoms with Gasteiger partial charge in [-0.2, -0.15) is 0 Å². The molecule has 1 saturated carbocycles. The van der Waals surface area contributed by atoms with Crippen molar-refractivity contribution < 1.29 is 19.1 Å². The van der Waals surface area contributed by atoms with E-state index >= 15 is 0 Å². The number of nitrogens with one attached hydrogen (secondary N) is 1. The van der Waals surface area contributed by atoms with E-state index in [1.165, 1.54) is 0 Å². The predicted octanol–water partition coefficient (Wildman–Crippen LogP) is 0.981. The highest BCUT2D eigenvalue weighted by molar-refractivity contribution is 5.86. The molecule has 26 heavy (non-hydrogen) atoms. The van der Waals surface area contributed by atoms with Gasteiger partial charge >= 0.3 is 0 Å². The van der Waals surface area contributed by atoms with Crippen molar-refractivity contribution in [3.8, 4) is 5.75 Å². The molecule has 142 valence electrons. The Morgan fingerprint density at radius 1 is 1.31 bits per heavy atom. The number of nitrogens with zero attached hydrogens (tertiary/aromatic N) is 1. The minimum absolute atomic E-state index is 0.0515. The average molecular weight is 361 g/mol. The van der Waals surface area contributed by atoms with Crippen molar-refractivity contribution in [2.45, 2.75) is 43.9 Å². The Morgan fingerprint density at radius 2 is 2.04 bits per heavy atom. The molecule has 2 fully saturated rings. The molecule has 2 amide bonds. The van der Waals surface area contributed by atoms with Crippen molar-refractivity contribution >= 4 is 11.8 Å². The van der Waals surface area contributed by atoms with Crippen molar-refractivity contribution in [1.82, 2.24) is 10.2 Å². The Balaban J connectivity index is 1.80. The minimum Gasteiger partial charge on any atom is -0.497 e. The second-order valence-corrected chi connectivity index (χ2v) is 6.77. The topological polar surface area (TPSA) is 93.9 Å². The third-order valence-electron chi connectivity index (χ3n) is 4.85. The molecule has 7 nitrogen and oxygen atoms in total. The molecule has 3 N–H and O–H groups in total. The molecule has 0 radical (unpaired) electrons. The highest BCUT2D eigenvalue weighted by Crippen LogP contribution is 2.39. The van der Waals surface area contributed by atoms with Crippen LogP contribution in [0.5, 0.6) is 5.75 Å². The van der Waals surface area contributed by atoms with Gasteiger partial charge in [-0.15, -0.1) is 0 Å². The lowest BCUT2D eigenvalue weighted by molar-refractivity contribution is -0.165. The first-order valence-electron chi connectivity index (χ1n) is 9.20. The van der Waals surface area contributed by atoms with E-state index < -0.39 is 12.1 Å². The normalized spacial score (nSPS) is 23.0. The van der Waals surface area contributed by atoms with E-state index in [2.05, 4.69) is 5.32 Å². The molecule has 0 bridgehead atoms. The minimum atomic E-state index is -0.709. The fraction of sp³-hybridized carbons (Fsp3) is 0.579. The lowest BCUT2D eigenvalue weighted by atomic mass is 9.96. The van der Waals surface area contributed by atoms with Crippen LogP contribution in [0.2, 0.25) is 0 Å². The monoisotopic (exact) mass is 361 g/mol. The number of amides is 2. The average Bonchev–Trinajstić information content (AvgIpc) is 3.50. The lowest BCUT2D eigenvalue weighted by Crippen LogP contribution is -2.55. The van der Waals surface area contributed by atoms with Crippen LogP contribution in [0.3, 0.4) is 0 Å². The molecule has 1 aliphatic carbocycles. The second-order valence-electron chi connectivity index (χ2n) is 6.77. The van der Waals surface area contributed by atoms with E-state index in [0.29, 0.717) is 13.1 Å². The number of methoxy groups -OCH3 is 1. The van der Waals surface area contributed by atoms with Gasteiger partial charge in [0.1, 0.15) is 12.4 Å². The summed E-state index contributed by atoms with van der Waals surface area (Å²) in [5.74, 6) is 0.499. The van der Waals surface area contributed by atoms with Crippen LogP contribution in [0.15, 0.2) is 24.3 Å². The SMILES string of the molecule is COc1ccc(C2C(C(=O)NCCCCN)OCC(=O)N2C2CC2)cc1. The van der Waals surface area contributed by atoms with E-state index in [1.807, 2.05) is 29.2 Å². The van der Waals surface area contributed by atoms with Gasteiger partial charge in [0.2, 0.25) is 5.91 Å². The quantitative estimate of drug-likeness (QED) is 0.673. The molecule has 1 aromatic carbocycles. The van der Waals surface area contributed by atoms with Gasteiger partial charge in [0.25, 0.3) is 5.91 Å². The lowest BCUT2D eigenvalue weighted by Gasteiger charge is -2.40. The van der Waals surface area contributed by atoms with E-state index in [0.717, 1.165) is 37.0 Å². The first-order chi connectivity index (χ1) is 12.7. The molecule has 3 rings (SSSR count). The van der Waals surface area contributed by atoms with E-state index in [9.17, 15) is 9.59 Å². The highest BCUT2D eigenvalue weighted by atomic mass is 16.5. The molecule has 2 aliphatic rings. The Bertz CT molecular complexity index is 630. The first kappa shape index (κ1) is 18.7. The van der Waals surface area contributed by atoms with Crippen LogP contribution in [-0.4, -0.2) is 55.7 Å². The van der Waals surface area contributed by atoms with Crippen LogP contribution in [0, 0.1) is 0 Å². The van der Waals surface area contributed by atoms with Gasteiger partial charge in [-0.25, -0.2) is 0 Å². The summed E-state index contributed by atoms with van der Waals surface area (Å²) in [7, 11) is 1.61. The zero-order valence-corrected chi connectivity index (χ0v) is 15.1. The molecule has 0 spiro atoms.